The smallest absolute Gasteiger partial charge is 0.342 e. The standard InChI is InChI=1S/C20H19NO6/c1-23-15-6-4-5-13(9-15)18-10-14(21-27-18)12-26-20(22)17-8-7-16(24-2)11-19(17)25-3/h4-11H,12H2,1-3H3. The van der Waals surface area contributed by atoms with E-state index in [0.717, 1.165) is 5.56 Å². The van der Waals surface area contributed by atoms with Crippen molar-refractivity contribution in [2.45, 2.75) is 6.61 Å². The van der Waals surface area contributed by atoms with Crippen molar-refractivity contribution in [1.82, 2.24) is 5.16 Å². The third-order valence-electron chi connectivity index (χ3n) is 3.89. The molecule has 0 saturated carbocycles. The Morgan fingerprint density at radius 1 is 0.963 bits per heavy atom. The minimum Gasteiger partial charge on any atom is -0.497 e. The third-order valence-corrected chi connectivity index (χ3v) is 3.89. The molecule has 0 spiro atoms. The van der Waals surface area contributed by atoms with Crippen LogP contribution in [0.2, 0.25) is 0 Å². The van der Waals surface area contributed by atoms with E-state index in [9.17, 15) is 4.79 Å². The molecule has 1 aromatic heterocycles. The van der Waals surface area contributed by atoms with Crippen molar-refractivity contribution in [3.63, 3.8) is 0 Å². The van der Waals surface area contributed by atoms with Gasteiger partial charge in [0.15, 0.2) is 5.76 Å². The van der Waals surface area contributed by atoms with Crippen molar-refractivity contribution in [3.05, 3.63) is 59.8 Å². The fourth-order valence-electron chi connectivity index (χ4n) is 2.48. The maximum atomic E-state index is 12.3. The Morgan fingerprint density at radius 3 is 2.48 bits per heavy atom. The molecule has 0 aliphatic rings. The molecule has 0 atom stereocenters. The van der Waals surface area contributed by atoms with Crippen molar-refractivity contribution >= 4 is 5.97 Å². The average Bonchev–Trinajstić information content (AvgIpc) is 3.20. The van der Waals surface area contributed by atoms with Crippen molar-refractivity contribution in [3.8, 4) is 28.6 Å². The van der Waals surface area contributed by atoms with Gasteiger partial charge in [-0.15, -0.1) is 0 Å². The summed E-state index contributed by atoms with van der Waals surface area (Å²) in [6, 6.07) is 14.0. The molecule has 0 fully saturated rings. The van der Waals surface area contributed by atoms with E-state index < -0.39 is 5.97 Å². The minimum absolute atomic E-state index is 0.0263. The minimum atomic E-state index is -0.527. The van der Waals surface area contributed by atoms with Gasteiger partial charge >= 0.3 is 5.97 Å². The van der Waals surface area contributed by atoms with Crippen LogP contribution in [0.15, 0.2) is 53.1 Å². The predicted molar refractivity (Wildman–Crippen MR) is 97.2 cm³/mol. The molecule has 0 radical (unpaired) electrons. The summed E-state index contributed by atoms with van der Waals surface area (Å²) >= 11 is 0. The Balaban J connectivity index is 1.69. The normalized spacial score (nSPS) is 10.3. The number of methoxy groups -OCH3 is 3. The van der Waals surface area contributed by atoms with Crippen molar-refractivity contribution in [2.24, 2.45) is 0 Å². The summed E-state index contributed by atoms with van der Waals surface area (Å²) in [4.78, 5) is 12.3. The number of aromatic nitrogens is 1. The van der Waals surface area contributed by atoms with E-state index in [1.807, 2.05) is 24.3 Å². The highest BCUT2D eigenvalue weighted by Gasteiger charge is 2.16. The third kappa shape index (κ3) is 4.20. The fourth-order valence-corrected chi connectivity index (χ4v) is 2.48. The van der Waals surface area contributed by atoms with Gasteiger partial charge in [0.05, 0.1) is 21.3 Å². The molecule has 2 aromatic carbocycles. The van der Waals surface area contributed by atoms with Crippen LogP contribution in [0.4, 0.5) is 0 Å². The summed E-state index contributed by atoms with van der Waals surface area (Å²) in [5, 5.41) is 3.94. The molecular formula is C20H19NO6. The molecule has 1 heterocycles. The van der Waals surface area contributed by atoms with Crippen LogP contribution in [-0.2, 0) is 11.3 Å². The van der Waals surface area contributed by atoms with Gasteiger partial charge in [-0.2, -0.15) is 0 Å². The van der Waals surface area contributed by atoms with E-state index in [-0.39, 0.29) is 6.61 Å². The van der Waals surface area contributed by atoms with Gasteiger partial charge in [0, 0.05) is 17.7 Å². The van der Waals surface area contributed by atoms with Gasteiger partial charge in [-0.25, -0.2) is 4.79 Å². The lowest BCUT2D eigenvalue weighted by molar-refractivity contribution is 0.0460. The van der Waals surface area contributed by atoms with Crippen LogP contribution in [-0.4, -0.2) is 32.5 Å². The molecule has 0 bridgehead atoms. The number of esters is 1. The lowest BCUT2D eigenvalue weighted by atomic mass is 10.1. The summed E-state index contributed by atoms with van der Waals surface area (Å²) in [7, 11) is 4.61. The van der Waals surface area contributed by atoms with E-state index in [4.69, 9.17) is 23.5 Å². The van der Waals surface area contributed by atoms with Crippen LogP contribution in [0.5, 0.6) is 17.2 Å². The summed E-state index contributed by atoms with van der Waals surface area (Å²) < 4.78 is 26.2. The zero-order chi connectivity index (χ0) is 19.2. The Morgan fingerprint density at radius 2 is 1.74 bits per heavy atom. The first-order valence-electron chi connectivity index (χ1n) is 8.13. The molecule has 0 aliphatic carbocycles. The first-order valence-corrected chi connectivity index (χ1v) is 8.13. The van der Waals surface area contributed by atoms with Crippen LogP contribution >= 0.6 is 0 Å². The van der Waals surface area contributed by atoms with Crippen molar-refractivity contribution in [2.75, 3.05) is 21.3 Å². The fraction of sp³-hybridized carbons (Fsp3) is 0.200. The Labute approximate surface area is 156 Å². The molecule has 0 aliphatic heterocycles. The van der Waals surface area contributed by atoms with Gasteiger partial charge in [0.25, 0.3) is 0 Å². The van der Waals surface area contributed by atoms with E-state index in [1.54, 1.807) is 31.4 Å². The molecule has 3 rings (SSSR count). The van der Waals surface area contributed by atoms with Crippen LogP contribution in [0.25, 0.3) is 11.3 Å². The van der Waals surface area contributed by atoms with Gasteiger partial charge in [-0.1, -0.05) is 17.3 Å². The van der Waals surface area contributed by atoms with Crippen molar-refractivity contribution in [1.29, 1.82) is 0 Å². The molecule has 0 amide bonds. The quantitative estimate of drug-likeness (QED) is 0.587. The average molecular weight is 369 g/mol. The number of hydrogen-bond donors (Lipinski definition) is 0. The number of nitrogens with zero attached hydrogens (tertiary/aromatic N) is 1. The van der Waals surface area contributed by atoms with Gasteiger partial charge < -0.3 is 23.5 Å². The van der Waals surface area contributed by atoms with Crippen LogP contribution < -0.4 is 14.2 Å². The highest BCUT2D eigenvalue weighted by Crippen LogP contribution is 2.27. The second-order valence-electron chi connectivity index (χ2n) is 5.56. The molecule has 140 valence electrons. The first-order chi connectivity index (χ1) is 13.1. The Hall–Kier alpha value is -3.48. The van der Waals surface area contributed by atoms with Crippen LogP contribution in [0.1, 0.15) is 16.1 Å². The number of benzene rings is 2. The van der Waals surface area contributed by atoms with Gasteiger partial charge in [-0.3, -0.25) is 0 Å². The molecule has 7 nitrogen and oxygen atoms in total. The number of ether oxygens (including phenoxy) is 4. The molecular weight excluding hydrogens is 350 g/mol. The molecule has 0 unspecified atom stereocenters. The van der Waals surface area contributed by atoms with E-state index in [1.165, 1.54) is 14.2 Å². The highest BCUT2D eigenvalue weighted by molar-refractivity contribution is 5.92. The summed E-state index contributed by atoms with van der Waals surface area (Å²) in [6.45, 7) is -0.0263. The molecule has 0 N–H and O–H groups in total. The zero-order valence-electron chi connectivity index (χ0n) is 15.2. The summed E-state index contributed by atoms with van der Waals surface area (Å²) in [5.74, 6) is 1.70. The Bertz CT molecular complexity index is 934. The lowest BCUT2D eigenvalue weighted by Gasteiger charge is -2.09. The van der Waals surface area contributed by atoms with E-state index >= 15 is 0 Å². The SMILES string of the molecule is COc1cccc(-c2cc(COC(=O)c3ccc(OC)cc3OC)no2)c1. The van der Waals surface area contributed by atoms with Crippen molar-refractivity contribution < 1.29 is 28.3 Å². The monoisotopic (exact) mass is 369 g/mol. The van der Waals surface area contributed by atoms with E-state index in [2.05, 4.69) is 5.16 Å². The molecule has 7 heteroatoms. The summed E-state index contributed by atoms with van der Waals surface area (Å²) in [5.41, 5.74) is 1.61. The Kier molecular flexibility index (Phi) is 5.61. The number of rotatable bonds is 7. The van der Waals surface area contributed by atoms with E-state index in [0.29, 0.717) is 34.3 Å². The number of hydrogen-bond acceptors (Lipinski definition) is 7. The second kappa shape index (κ2) is 8.27. The van der Waals surface area contributed by atoms with Crippen LogP contribution in [0.3, 0.4) is 0 Å². The number of carbonyl (C=O) groups excluding carboxylic acids is 1. The number of carbonyl (C=O) groups is 1. The molecule has 0 saturated heterocycles. The predicted octanol–water partition coefficient (Wildman–Crippen LogP) is 3.72. The lowest BCUT2D eigenvalue weighted by Crippen LogP contribution is -2.07. The zero-order valence-corrected chi connectivity index (χ0v) is 15.2. The van der Waals surface area contributed by atoms with Crippen LogP contribution in [0, 0.1) is 0 Å². The largest absolute Gasteiger partial charge is 0.497 e. The first kappa shape index (κ1) is 18.3. The second-order valence-corrected chi connectivity index (χ2v) is 5.56. The maximum absolute atomic E-state index is 12.3. The highest BCUT2D eigenvalue weighted by atomic mass is 16.5. The molecule has 3 aromatic rings. The van der Waals surface area contributed by atoms with Gasteiger partial charge in [0.1, 0.15) is 35.1 Å². The van der Waals surface area contributed by atoms with Gasteiger partial charge in [0.2, 0.25) is 0 Å². The maximum Gasteiger partial charge on any atom is 0.342 e. The van der Waals surface area contributed by atoms with Gasteiger partial charge in [-0.05, 0) is 24.3 Å². The topological polar surface area (TPSA) is 80.0 Å². The molecule has 27 heavy (non-hydrogen) atoms. The summed E-state index contributed by atoms with van der Waals surface area (Å²) in [6.07, 6.45) is 0.